The molecule has 1 fully saturated rings. The molecule has 1 aromatic heterocycles. The van der Waals surface area contributed by atoms with E-state index >= 15 is 0 Å². The summed E-state index contributed by atoms with van der Waals surface area (Å²) in [4.78, 5) is 3.94. The molecule has 2 nitrogen and oxygen atoms in total. The molecule has 2 aromatic rings. The van der Waals surface area contributed by atoms with Crippen LogP contribution in [0.1, 0.15) is 36.2 Å². The van der Waals surface area contributed by atoms with Gasteiger partial charge >= 0.3 is 0 Å². The number of anilines is 1. The van der Waals surface area contributed by atoms with E-state index in [-0.39, 0.29) is 6.04 Å². The van der Waals surface area contributed by atoms with Crippen LogP contribution in [-0.4, -0.2) is 6.04 Å². The smallest absolute Gasteiger partial charge is 0.0525 e. The van der Waals surface area contributed by atoms with Gasteiger partial charge in [-0.15, -0.1) is 11.3 Å². The minimum atomic E-state index is 0.0603. The van der Waals surface area contributed by atoms with Crippen molar-refractivity contribution in [3.63, 3.8) is 0 Å². The standard InChI is InChI=1S/C16H19BrN2S/c1-11(18)15-7-6-13(9-16(15)17)19(12-4-5-12)10-14-3-2-8-20-14/h2-3,6-9,11-12H,4-5,10,18H2,1H3. The highest BCUT2D eigenvalue weighted by atomic mass is 79.9. The highest BCUT2D eigenvalue weighted by Crippen LogP contribution is 2.36. The number of benzene rings is 1. The van der Waals surface area contributed by atoms with Gasteiger partial charge in [-0.25, -0.2) is 0 Å². The first-order valence-electron chi connectivity index (χ1n) is 6.99. The van der Waals surface area contributed by atoms with Crippen LogP contribution in [0.3, 0.4) is 0 Å². The van der Waals surface area contributed by atoms with Crippen molar-refractivity contribution in [3.8, 4) is 0 Å². The van der Waals surface area contributed by atoms with Gasteiger partial charge in [0.25, 0.3) is 0 Å². The summed E-state index contributed by atoms with van der Waals surface area (Å²) in [5.41, 5.74) is 8.44. The first kappa shape index (κ1) is 14.1. The fourth-order valence-electron chi connectivity index (χ4n) is 2.45. The van der Waals surface area contributed by atoms with E-state index in [0.29, 0.717) is 6.04 Å². The summed E-state index contributed by atoms with van der Waals surface area (Å²) < 4.78 is 1.11. The Morgan fingerprint density at radius 2 is 2.20 bits per heavy atom. The molecule has 2 N–H and O–H groups in total. The Morgan fingerprint density at radius 3 is 2.75 bits per heavy atom. The fraction of sp³-hybridized carbons (Fsp3) is 0.375. The quantitative estimate of drug-likeness (QED) is 0.846. The molecular formula is C16H19BrN2S. The average molecular weight is 351 g/mol. The Bertz CT molecular complexity index is 576. The number of rotatable bonds is 5. The van der Waals surface area contributed by atoms with Crippen molar-refractivity contribution in [1.29, 1.82) is 0 Å². The van der Waals surface area contributed by atoms with Crippen molar-refractivity contribution in [3.05, 3.63) is 50.6 Å². The maximum absolute atomic E-state index is 5.98. The van der Waals surface area contributed by atoms with E-state index < -0.39 is 0 Å². The van der Waals surface area contributed by atoms with Crippen LogP contribution in [-0.2, 0) is 6.54 Å². The van der Waals surface area contributed by atoms with Gasteiger partial charge in [-0.1, -0.05) is 28.1 Å². The lowest BCUT2D eigenvalue weighted by Crippen LogP contribution is -2.24. The summed E-state index contributed by atoms with van der Waals surface area (Å²) in [5.74, 6) is 0. The van der Waals surface area contributed by atoms with E-state index in [2.05, 4.69) is 56.5 Å². The monoisotopic (exact) mass is 350 g/mol. The molecule has 0 radical (unpaired) electrons. The predicted molar refractivity (Wildman–Crippen MR) is 90.3 cm³/mol. The Hall–Kier alpha value is -0.840. The molecule has 1 heterocycles. The number of hydrogen-bond donors (Lipinski definition) is 1. The molecular weight excluding hydrogens is 332 g/mol. The summed E-state index contributed by atoms with van der Waals surface area (Å²) in [7, 11) is 0. The number of nitrogens with zero attached hydrogens (tertiary/aromatic N) is 1. The van der Waals surface area contributed by atoms with Crippen molar-refractivity contribution in [2.75, 3.05) is 4.90 Å². The van der Waals surface area contributed by atoms with Gasteiger partial charge in [0, 0.05) is 27.1 Å². The third-order valence-corrected chi connectivity index (χ3v) is 5.25. The molecule has 20 heavy (non-hydrogen) atoms. The number of thiophene rings is 1. The van der Waals surface area contributed by atoms with Gasteiger partial charge in [0.15, 0.2) is 0 Å². The first-order chi connectivity index (χ1) is 9.65. The van der Waals surface area contributed by atoms with Crippen LogP contribution in [0.4, 0.5) is 5.69 Å². The van der Waals surface area contributed by atoms with Crippen LogP contribution in [0.25, 0.3) is 0 Å². The Balaban J connectivity index is 1.86. The Kier molecular flexibility index (Phi) is 4.15. The molecule has 0 aliphatic heterocycles. The van der Waals surface area contributed by atoms with Crippen LogP contribution < -0.4 is 10.6 Å². The predicted octanol–water partition coefficient (Wildman–Crippen LogP) is 4.70. The van der Waals surface area contributed by atoms with E-state index in [1.165, 1.54) is 29.0 Å². The lowest BCUT2D eigenvalue weighted by molar-refractivity contribution is 0.793. The zero-order valence-electron chi connectivity index (χ0n) is 11.6. The first-order valence-corrected chi connectivity index (χ1v) is 8.66. The second-order valence-electron chi connectivity index (χ2n) is 5.43. The average Bonchev–Trinajstić information content (AvgIpc) is 3.12. The summed E-state index contributed by atoms with van der Waals surface area (Å²) in [5, 5.41) is 2.15. The van der Waals surface area contributed by atoms with Crippen LogP contribution in [0.5, 0.6) is 0 Å². The van der Waals surface area contributed by atoms with Crippen LogP contribution >= 0.6 is 27.3 Å². The SMILES string of the molecule is CC(N)c1ccc(N(Cc2cccs2)C2CC2)cc1Br. The summed E-state index contributed by atoms with van der Waals surface area (Å²) in [6, 6.07) is 11.7. The summed E-state index contributed by atoms with van der Waals surface area (Å²) in [6.07, 6.45) is 2.61. The Morgan fingerprint density at radius 1 is 1.40 bits per heavy atom. The third-order valence-electron chi connectivity index (χ3n) is 3.70. The van der Waals surface area contributed by atoms with E-state index in [9.17, 15) is 0 Å². The number of hydrogen-bond acceptors (Lipinski definition) is 3. The zero-order chi connectivity index (χ0) is 14.1. The van der Waals surface area contributed by atoms with Crippen molar-refractivity contribution >= 4 is 33.0 Å². The summed E-state index contributed by atoms with van der Waals surface area (Å²) >= 11 is 5.49. The van der Waals surface area contributed by atoms with Gasteiger partial charge in [0.1, 0.15) is 0 Å². The van der Waals surface area contributed by atoms with E-state index in [1.807, 2.05) is 18.3 Å². The third kappa shape index (κ3) is 3.08. The number of halogens is 1. The summed E-state index contributed by atoms with van der Waals surface area (Å²) in [6.45, 7) is 3.02. The molecule has 1 unspecified atom stereocenters. The van der Waals surface area contributed by atoms with Gasteiger partial charge in [0.05, 0.1) is 6.54 Å². The van der Waals surface area contributed by atoms with Gasteiger partial charge in [-0.05, 0) is 48.9 Å². The van der Waals surface area contributed by atoms with Crippen molar-refractivity contribution in [2.24, 2.45) is 5.73 Å². The van der Waals surface area contributed by atoms with Crippen LogP contribution in [0.2, 0.25) is 0 Å². The van der Waals surface area contributed by atoms with Gasteiger partial charge in [0.2, 0.25) is 0 Å². The minimum absolute atomic E-state index is 0.0603. The second-order valence-corrected chi connectivity index (χ2v) is 7.32. The fourth-order valence-corrected chi connectivity index (χ4v) is 3.88. The highest BCUT2D eigenvalue weighted by molar-refractivity contribution is 9.10. The lowest BCUT2D eigenvalue weighted by atomic mass is 10.1. The molecule has 0 spiro atoms. The van der Waals surface area contributed by atoms with E-state index in [0.717, 1.165) is 11.0 Å². The largest absolute Gasteiger partial charge is 0.363 e. The molecule has 1 aromatic carbocycles. The highest BCUT2D eigenvalue weighted by Gasteiger charge is 2.29. The molecule has 4 heteroatoms. The number of nitrogens with two attached hydrogens (primary N) is 1. The molecule has 0 saturated heterocycles. The van der Waals surface area contributed by atoms with Crippen molar-refractivity contribution < 1.29 is 0 Å². The molecule has 1 aliphatic carbocycles. The molecule has 1 atom stereocenters. The second kappa shape index (κ2) is 5.88. The van der Waals surface area contributed by atoms with Crippen LogP contribution in [0, 0.1) is 0 Å². The van der Waals surface area contributed by atoms with Gasteiger partial charge in [-0.3, -0.25) is 0 Å². The molecule has 1 saturated carbocycles. The van der Waals surface area contributed by atoms with Gasteiger partial charge in [-0.2, -0.15) is 0 Å². The van der Waals surface area contributed by atoms with Crippen molar-refractivity contribution in [1.82, 2.24) is 0 Å². The van der Waals surface area contributed by atoms with Gasteiger partial charge < -0.3 is 10.6 Å². The minimum Gasteiger partial charge on any atom is -0.363 e. The topological polar surface area (TPSA) is 29.3 Å². The van der Waals surface area contributed by atoms with E-state index in [1.54, 1.807) is 0 Å². The normalized spacial score (nSPS) is 16.1. The maximum Gasteiger partial charge on any atom is 0.0525 e. The Labute approximate surface area is 132 Å². The van der Waals surface area contributed by atoms with E-state index in [4.69, 9.17) is 5.73 Å². The molecule has 3 rings (SSSR count). The zero-order valence-corrected chi connectivity index (χ0v) is 14.0. The molecule has 1 aliphatic rings. The lowest BCUT2D eigenvalue weighted by Gasteiger charge is -2.25. The molecule has 0 bridgehead atoms. The molecule has 106 valence electrons. The van der Waals surface area contributed by atoms with Crippen molar-refractivity contribution in [2.45, 2.75) is 38.4 Å². The maximum atomic E-state index is 5.98. The van der Waals surface area contributed by atoms with Crippen LogP contribution in [0.15, 0.2) is 40.2 Å². The molecule has 0 amide bonds.